The van der Waals surface area contributed by atoms with Crippen LogP contribution in [-0.2, 0) is 5.60 Å². The summed E-state index contributed by atoms with van der Waals surface area (Å²) in [6.07, 6.45) is 3.84. The normalized spacial score (nSPS) is 30.2. The molecule has 0 heterocycles. The molecule has 1 aromatic rings. The van der Waals surface area contributed by atoms with E-state index < -0.39 is 5.60 Å². The van der Waals surface area contributed by atoms with E-state index in [1.165, 1.54) is 0 Å². The Morgan fingerprint density at radius 3 is 2.88 bits per heavy atom. The van der Waals surface area contributed by atoms with Crippen LogP contribution in [0.15, 0.2) is 24.3 Å². The molecule has 0 amide bonds. The fourth-order valence-electron chi connectivity index (χ4n) is 2.70. The Morgan fingerprint density at radius 1 is 1.38 bits per heavy atom. The molecule has 1 aliphatic rings. The fraction of sp³-hybridized carbons (Fsp3) is 0.538. The molecule has 2 atom stereocenters. The summed E-state index contributed by atoms with van der Waals surface area (Å²) >= 11 is 0. The lowest BCUT2D eigenvalue weighted by Crippen LogP contribution is -2.41. The maximum absolute atomic E-state index is 10.7. The van der Waals surface area contributed by atoms with Crippen molar-refractivity contribution < 1.29 is 10.2 Å². The molecule has 0 spiro atoms. The zero-order valence-corrected chi connectivity index (χ0v) is 9.39. The second kappa shape index (κ2) is 4.44. The van der Waals surface area contributed by atoms with E-state index in [0.717, 1.165) is 31.2 Å². The van der Waals surface area contributed by atoms with Crippen molar-refractivity contribution in [3.63, 3.8) is 0 Å². The minimum Gasteiger partial charge on any atom is -0.508 e. The highest BCUT2D eigenvalue weighted by atomic mass is 16.3. The molecule has 88 valence electrons. The molecule has 0 saturated heterocycles. The molecular weight excluding hydrogens is 202 g/mol. The summed E-state index contributed by atoms with van der Waals surface area (Å²) < 4.78 is 0. The van der Waals surface area contributed by atoms with E-state index in [1.807, 2.05) is 6.07 Å². The average Bonchev–Trinajstić information content (AvgIpc) is 2.30. The summed E-state index contributed by atoms with van der Waals surface area (Å²) in [4.78, 5) is 0. The molecule has 16 heavy (non-hydrogen) atoms. The molecule has 0 radical (unpaired) electrons. The van der Waals surface area contributed by atoms with Gasteiger partial charge in [0.2, 0.25) is 0 Å². The average molecular weight is 221 g/mol. The fourth-order valence-corrected chi connectivity index (χ4v) is 2.70. The Bertz CT molecular complexity index is 367. The van der Waals surface area contributed by atoms with Crippen molar-refractivity contribution in [2.75, 3.05) is 6.54 Å². The second-order valence-electron chi connectivity index (χ2n) is 4.65. The van der Waals surface area contributed by atoms with Gasteiger partial charge < -0.3 is 15.9 Å². The molecule has 3 heteroatoms. The second-order valence-corrected chi connectivity index (χ2v) is 4.65. The van der Waals surface area contributed by atoms with Crippen LogP contribution in [0.25, 0.3) is 0 Å². The highest BCUT2D eigenvalue weighted by molar-refractivity contribution is 5.32. The number of rotatable bonds is 2. The topological polar surface area (TPSA) is 66.5 Å². The van der Waals surface area contributed by atoms with Crippen LogP contribution in [0.5, 0.6) is 5.75 Å². The monoisotopic (exact) mass is 221 g/mol. The summed E-state index contributed by atoms with van der Waals surface area (Å²) in [6.45, 7) is 0.492. The van der Waals surface area contributed by atoms with Gasteiger partial charge in [-0.3, -0.25) is 0 Å². The molecule has 0 aliphatic heterocycles. The van der Waals surface area contributed by atoms with E-state index in [1.54, 1.807) is 18.2 Å². The van der Waals surface area contributed by atoms with Crippen molar-refractivity contribution in [1.82, 2.24) is 0 Å². The third-order valence-electron chi connectivity index (χ3n) is 3.67. The van der Waals surface area contributed by atoms with Gasteiger partial charge in [0.1, 0.15) is 5.75 Å². The first-order chi connectivity index (χ1) is 7.66. The van der Waals surface area contributed by atoms with Gasteiger partial charge in [-0.1, -0.05) is 25.0 Å². The first-order valence-corrected chi connectivity index (χ1v) is 5.89. The summed E-state index contributed by atoms with van der Waals surface area (Å²) in [5.74, 6) is 0.301. The number of aromatic hydroxyl groups is 1. The Kier molecular flexibility index (Phi) is 3.17. The third-order valence-corrected chi connectivity index (χ3v) is 3.67. The SMILES string of the molecule is NC[C@H]1CCCC[C@@]1(O)c1cccc(O)c1. The highest BCUT2D eigenvalue weighted by Gasteiger charge is 2.39. The molecule has 1 aromatic carbocycles. The lowest BCUT2D eigenvalue weighted by molar-refractivity contribution is -0.0507. The van der Waals surface area contributed by atoms with Gasteiger partial charge in [0.25, 0.3) is 0 Å². The molecule has 0 aromatic heterocycles. The van der Waals surface area contributed by atoms with Gasteiger partial charge in [-0.2, -0.15) is 0 Å². The molecule has 3 nitrogen and oxygen atoms in total. The summed E-state index contributed by atoms with van der Waals surface area (Å²) in [5, 5.41) is 20.2. The number of nitrogens with two attached hydrogens (primary N) is 1. The molecule has 1 fully saturated rings. The molecular formula is C13H19NO2. The molecule has 4 N–H and O–H groups in total. The van der Waals surface area contributed by atoms with E-state index >= 15 is 0 Å². The van der Waals surface area contributed by atoms with Crippen LogP contribution in [0.4, 0.5) is 0 Å². The van der Waals surface area contributed by atoms with Crippen molar-refractivity contribution in [3.05, 3.63) is 29.8 Å². The zero-order chi connectivity index (χ0) is 11.6. The summed E-state index contributed by atoms with van der Waals surface area (Å²) in [5.41, 5.74) is 5.67. The number of hydrogen-bond acceptors (Lipinski definition) is 3. The van der Waals surface area contributed by atoms with E-state index in [-0.39, 0.29) is 11.7 Å². The summed E-state index contributed by atoms with van der Waals surface area (Å²) in [6, 6.07) is 6.90. The number of phenols is 1. The van der Waals surface area contributed by atoms with E-state index in [9.17, 15) is 10.2 Å². The quantitative estimate of drug-likeness (QED) is 0.712. The third kappa shape index (κ3) is 1.93. The number of benzene rings is 1. The Hall–Kier alpha value is -1.06. The first kappa shape index (κ1) is 11.4. The summed E-state index contributed by atoms with van der Waals surface area (Å²) in [7, 11) is 0. The minimum absolute atomic E-state index is 0.100. The smallest absolute Gasteiger partial charge is 0.115 e. The maximum Gasteiger partial charge on any atom is 0.115 e. The van der Waals surface area contributed by atoms with Crippen LogP contribution >= 0.6 is 0 Å². The lowest BCUT2D eigenvalue weighted by atomic mass is 9.71. The van der Waals surface area contributed by atoms with Gasteiger partial charge in [0.15, 0.2) is 0 Å². The predicted octanol–water partition coefficient (Wildman–Crippen LogP) is 1.73. The van der Waals surface area contributed by atoms with Crippen molar-refractivity contribution in [1.29, 1.82) is 0 Å². The molecule has 1 aliphatic carbocycles. The van der Waals surface area contributed by atoms with Crippen molar-refractivity contribution >= 4 is 0 Å². The van der Waals surface area contributed by atoms with Crippen molar-refractivity contribution in [2.24, 2.45) is 11.7 Å². The lowest BCUT2D eigenvalue weighted by Gasteiger charge is -2.40. The largest absolute Gasteiger partial charge is 0.508 e. The van der Waals surface area contributed by atoms with Crippen LogP contribution < -0.4 is 5.73 Å². The predicted molar refractivity (Wildman–Crippen MR) is 63.0 cm³/mol. The molecule has 1 saturated carbocycles. The van der Waals surface area contributed by atoms with Crippen LogP contribution in [0.1, 0.15) is 31.2 Å². The number of aliphatic hydroxyl groups is 1. The van der Waals surface area contributed by atoms with Crippen LogP contribution in [0.3, 0.4) is 0 Å². The first-order valence-electron chi connectivity index (χ1n) is 5.89. The minimum atomic E-state index is -0.855. The van der Waals surface area contributed by atoms with E-state index in [0.29, 0.717) is 6.54 Å². The van der Waals surface area contributed by atoms with Gasteiger partial charge in [0, 0.05) is 5.92 Å². The number of hydrogen-bond donors (Lipinski definition) is 3. The van der Waals surface area contributed by atoms with Crippen LogP contribution in [0.2, 0.25) is 0 Å². The molecule has 0 bridgehead atoms. The Balaban J connectivity index is 2.34. The van der Waals surface area contributed by atoms with Gasteiger partial charge in [-0.05, 0) is 37.1 Å². The van der Waals surface area contributed by atoms with E-state index in [4.69, 9.17) is 5.73 Å². The van der Waals surface area contributed by atoms with E-state index in [2.05, 4.69) is 0 Å². The van der Waals surface area contributed by atoms with Gasteiger partial charge >= 0.3 is 0 Å². The van der Waals surface area contributed by atoms with Gasteiger partial charge in [0.05, 0.1) is 5.60 Å². The maximum atomic E-state index is 10.7. The van der Waals surface area contributed by atoms with Gasteiger partial charge in [-0.15, -0.1) is 0 Å². The van der Waals surface area contributed by atoms with Crippen molar-refractivity contribution in [3.8, 4) is 5.75 Å². The number of phenolic OH excluding ortho intramolecular Hbond substituents is 1. The molecule has 2 rings (SSSR count). The Labute approximate surface area is 95.9 Å². The highest BCUT2D eigenvalue weighted by Crippen LogP contribution is 2.41. The standard InChI is InChI=1S/C13H19NO2/c14-9-11-4-1-2-7-13(11,16)10-5-3-6-12(15)8-10/h3,5-6,8,11,15-16H,1-2,4,7,9,14H2/t11-,13-/m1/s1. The Morgan fingerprint density at radius 2 is 2.19 bits per heavy atom. The van der Waals surface area contributed by atoms with Crippen LogP contribution in [0, 0.1) is 5.92 Å². The van der Waals surface area contributed by atoms with Gasteiger partial charge in [-0.25, -0.2) is 0 Å². The van der Waals surface area contributed by atoms with Crippen LogP contribution in [-0.4, -0.2) is 16.8 Å². The van der Waals surface area contributed by atoms with Crippen molar-refractivity contribution in [2.45, 2.75) is 31.3 Å². The molecule has 0 unspecified atom stereocenters. The zero-order valence-electron chi connectivity index (χ0n) is 9.39.